The lowest BCUT2D eigenvalue weighted by molar-refractivity contribution is 0.102. The molecule has 0 atom stereocenters. The second kappa shape index (κ2) is 7.86. The Bertz CT molecular complexity index is 596. The molecule has 110 valence electrons. The third-order valence-electron chi connectivity index (χ3n) is 3.18. The van der Waals surface area contributed by atoms with Crippen LogP contribution in [0.3, 0.4) is 0 Å². The molecule has 0 bridgehead atoms. The van der Waals surface area contributed by atoms with E-state index >= 15 is 0 Å². The Morgan fingerprint density at radius 2 is 1.81 bits per heavy atom. The minimum absolute atomic E-state index is 0.0772. The molecule has 3 nitrogen and oxygen atoms in total. The highest BCUT2D eigenvalue weighted by Gasteiger charge is 2.08. The number of rotatable bonds is 6. The Hall–Kier alpha value is -1.78. The number of anilines is 1. The van der Waals surface area contributed by atoms with Crippen molar-refractivity contribution >= 4 is 23.4 Å². The number of carbonyl (C=O) groups is 1. The predicted molar refractivity (Wildman–Crippen MR) is 90.0 cm³/mol. The summed E-state index contributed by atoms with van der Waals surface area (Å²) in [6.45, 7) is 3.71. The van der Waals surface area contributed by atoms with Crippen molar-refractivity contribution in [1.29, 1.82) is 0 Å². The van der Waals surface area contributed by atoms with Crippen molar-refractivity contribution in [3.05, 3.63) is 59.7 Å². The van der Waals surface area contributed by atoms with Gasteiger partial charge in [-0.2, -0.15) is 0 Å². The predicted octanol–water partition coefficient (Wildman–Crippen LogP) is 3.77. The maximum Gasteiger partial charge on any atom is 0.255 e. The first-order valence-corrected chi connectivity index (χ1v) is 8.21. The van der Waals surface area contributed by atoms with Crippen LogP contribution in [0, 0.1) is 0 Å². The molecule has 0 fully saturated rings. The molecule has 0 aliphatic rings. The maximum atomic E-state index is 12.3. The van der Waals surface area contributed by atoms with Gasteiger partial charge in [0, 0.05) is 22.7 Å². The fourth-order valence-electron chi connectivity index (χ4n) is 1.99. The summed E-state index contributed by atoms with van der Waals surface area (Å²) in [5.74, 6) is -0.0772. The van der Waals surface area contributed by atoms with E-state index in [0.717, 1.165) is 29.2 Å². The number of carbonyl (C=O) groups excluding carboxylic acids is 1. The molecule has 2 aromatic carbocycles. The molecule has 2 N–H and O–H groups in total. The number of thioether (sulfide) groups is 1. The monoisotopic (exact) mass is 300 g/mol. The average molecular weight is 300 g/mol. The number of benzene rings is 2. The molecule has 0 heterocycles. The van der Waals surface area contributed by atoms with E-state index in [1.54, 1.807) is 11.8 Å². The fraction of sp³-hybridized carbons (Fsp3) is 0.235. The van der Waals surface area contributed by atoms with E-state index in [1.165, 1.54) is 0 Å². The van der Waals surface area contributed by atoms with Crippen LogP contribution in [-0.2, 0) is 6.54 Å². The summed E-state index contributed by atoms with van der Waals surface area (Å²) in [4.78, 5) is 13.5. The van der Waals surface area contributed by atoms with Gasteiger partial charge in [-0.25, -0.2) is 0 Å². The van der Waals surface area contributed by atoms with Crippen molar-refractivity contribution in [1.82, 2.24) is 5.32 Å². The van der Waals surface area contributed by atoms with Gasteiger partial charge < -0.3 is 10.6 Å². The first-order chi connectivity index (χ1) is 10.2. The van der Waals surface area contributed by atoms with Crippen LogP contribution in [0.4, 0.5) is 5.69 Å². The van der Waals surface area contributed by atoms with E-state index in [0.29, 0.717) is 5.56 Å². The molecule has 0 saturated heterocycles. The van der Waals surface area contributed by atoms with E-state index in [2.05, 4.69) is 17.6 Å². The van der Waals surface area contributed by atoms with Crippen LogP contribution in [0.15, 0.2) is 53.4 Å². The zero-order chi connectivity index (χ0) is 15.1. The van der Waals surface area contributed by atoms with Crippen LogP contribution in [0.1, 0.15) is 22.8 Å². The Labute approximate surface area is 130 Å². The molecule has 0 unspecified atom stereocenters. The minimum atomic E-state index is -0.0772. The van der Waals surface area contributed by atoms with Gasteiger partial charge in [0.15, 0.2) is 0 Å². The highest BCUT2D eigenvalue weighted by molar-refractivity contribution is 7.98. The van der Waals surface area contributed by atoms with Gasteiger partial charge >= 0.3 is 0 Å². The van der Waals surface area contributed by atoms with Crippen molar-refractivity contribution in [3.63, 3.8) is 0 Å². The summed E-state index contributed by atoms with van der Waals surface area (Å²) >= 11 is 1.66. The molecular formula is C17H20N2OS. The first-order valence-electron chi connectivity index (χ1n) is 6.98. The molecule has 21 heavy (non-hydrogen) atoms. The number of para-hydroxylation sites is 1. The van der Waals surface area contributed by atoms with Gasteiger partial charge in [-0.05, 0) is 48.7 Å². The molecule has 0 aromatic heterocycles. The van der Waals surface area contributed by atoms with E-state index in [9.17, 15) is 4.79 Å². The third-order valence-corrected chi connectivity index (χ3v) is 3.93. The second-order valence-electron chi connectivity index (χ2n) is 4.62. The van der Waals surface area contributed by atoms with Crippen LogP contribution in [-0.4, -0.2) is 18.7 Å². The lowest BCUT2D eigenvalue weighted by atomic mass is 10.1. The molecular weight excluding hydrogens is 280 g/mol. The molecule has 0 spiro atoms. The number of hydrogen-bond donors (Lipinski definition) is 2. The van der Waals surface area contributed by atoms with E-state index in [1.807, 2.05) is 54.8 Å². The lowest BCUT2D eigenvalue weighted by Gasteiger charge is -2.11. The quantitative estimate of drug-likeness (QED) is 0.798. The Kier molecular flexibility index (Phi) is 5.84. The summed E-state index contributed by atoms with van der Waals surface area (Å²) in [7, 11) is 0. The minimum Gasteiger partial charge on any atom is -0.322 e. The fourth-order valence-corrected chi connectivity index (χ4v) is 2.40. The van der Waals surface area contributed by atoms with Gasteiger partial charge in [0.05, 0.1) is 0 Å². The van der Waals surface area contributed by atoms with Crippen LogP contribution in [0.25, 0.3) is 0 Å². The smallest absolute Gasteiger partial charge is 0.255 e. The SMILES string of the molecule is CCNCc1ccccc1NC(=O)c1ccc(SC)cc1. The normalized spacial score (nSPS) is 10.4. The average Bonchev–Trinajstić information content (AvgIpc) is 2.54. The summed E-state index contributed by atoms with van der Waals surface area (Å²) in [6, 6.07) is 15.5. The topological polar surface area (TPSA) is 41.1 Å². The largest absolute Gasteiger partial charge is 0.322 e. The Morgan fingerprint density at radius 3 is 2.48 bits per heavy atom. The van der Waals surface area contributed by atoms with Crippen molar-refractivity contribution in [2.75, 3.05) is 18.1 Å². The van der Waals surface area contributed by atoms with Gasteiger partial charge in [0.2, 0.25) is 0 Å². The zero-order valence-electron chi connectivity index (χ0n) is 12.3. The molecule has 4 heteroatoms. The van der Waals surface area contributed by atoms with Crippen molar-refractivity contribution in [2.45, 2.75) is 18.4 Å². The Morgan fingerprint density at radius 1 is 1.10 bits per heavy atom. The van der Waals surface area contributed by atoms with Crippen molar-refractivity contribution in [3.8, 4) is 0 Å². The lowest BCUT2D eigenvalue weighted by Crippen LogP contribution is -2.17. The zero-order valence-corrected chi connectivity index (χ0v) is 13.2. The van der Waals surface area contributed by atoms with Gasteiger partial charge in [-0.3, -0.25) is 4.79 Å². The summed E-state index contributed by atoms with van der Waals surface area (Å²) in [5, 5.41) is 6.27. The number of nitrogens with one attached hydrogen (secondary N) is 2. The van der Waals surface area contributed by atoms with Crippen molar-refractivity contribution < 1.29 is 4.79 Å². The van der Waals surface area contributed by atoms with Crippen LogP contribution >= 0.6 is 11.8 Å². The van der Waals surface area contributed by atoms with Gasteiger partial charge in [-0.1, -0.05) is 25.1 Å². The van der Waals surface area contributed by atoms with E-state index in [4.69, 9.17) is 0 Å². The molecule has 1 amide bonds. The highest BCUT2D eigenvalue weighted by atomic mass is 32.2. The van der Waals surface area contributed by atoms with Gasteiger partial charge in [0.1, 0.15) is 0 Å². The van der Waals surface area contributed by atoms with Crippen LogP contribution < -0.4 is 10.6 Å². The Balaban J connectivity index is 2.11. The first kappa shape index (κ1) is 15.6. The maximum absolute atomic E-state index is 12.3. The van der Waals surface area contributed by atoms with E-state index < -0.39 is 0 Å². The third kappa shape index (κ3) is 4.34. The summed E-state index contributed by atoms with van der Waals surface area (Å²) < 4.78 is 0. The molecule has 2 rings (SSSR count). The molecule has 0 saturated carbocycles. The molecule has 2 aromatic rings. The van der Waals surface area contributed by atoms with Crippen LogP contribution in [0.2, 0.25) is 0 Å². The number of amides is 1. The van der Waals surface area contributed by atoms with E-state index in [-0.39, 0.29) is 5.91 Å². The second-order valence-corrected chi connectivity index (χ2v) is 5.50. The van der Waals surface area contributed by atoms with Gasteiger partial charge in [-0.15, -0.1) is 11.8 Å². The number of hydrogen-bond acceptors (Lipinski definition) is 3. The molecule has 0 radical (unpaired) electrons. The van der Waals surface area contributed by atoms with Crippen molar-refractivity contribution in [2.24, 2.45) is 0 Å². The van der Waals surface area contributed by atoms with Crippen LogP contribution in [0.5, 0.6) is 0 Å². The highest BCUT2D eigenvalue weighted by Crippen LogP contribution is 2.18. The molecule has 0 aliphatic heterocycles. The standard InChI is InChI=1S/C17H20N2OS/c1-3-18-12-14-6-4-5-7-16(14)19-17(20)13-8-10-15(21-2)11-9-13/h4-11,18H,3,12H2,1-2H3,(H,19,20). The summed E-state index contributed by atoms with van der Waals surface area (Å²) in [6.07, 6.45) is 2.02. The summed E-state index contributed by atoms with van der Waals surface area (Å²) in [5.41, 5.74) is 2.62. The van der Waals surface area contributed by atoms with Gasteiger partial charge in [0.25, 0.3) is 5.91 Å². The molecule has 0 aliphatic carbocycles.